The van der Waals surface area contributed by atoms with Gasteiger partial charge in [-0.1, -0.05) is 60.7 Å². The number of methoxy groups -OCH3 is 2. The Kier molecular flexibility index (Phi) is 8.45. The van der Waals surface area contributed by atoms with Crippen LogP contribution in [0.2, 0.25) is 0 Å². The van der Waals surface area contributed by atoms with Crippen LogP contribution in [0.4, 0.5) is 0 Å². The van der Waals surface area contributed by atoms with E-state index in [1.165, 1.54) is 22.3 Å². The molecule has 3 aromatic rings. The zero-order chi connectivity index (χ0) is 25.5. The van der Waals surface area contributed by atoms with Crippen molar-refractivity contribution < 1.29 is 9.47 Å². The molecule has 5 nitrogen and oxygen atoms in total. The van der Waals surface area contributed by atoms with Crippen molar-refractivity contribution in [1.29, 1.82) is 0 Å². The summed E-state index contributed by atoms with van der Waals surface area (Å²) in [6, 6.07) is 26.2. The fourth-order valence-corrected chi connectivity index (χ4v) is 6.34. The third kappa shape index (κ3) is 5.85. The molecule has 3 aromatic carbocycles. The van der Waals surface area contributed by atoms with Gasteiger partial charge in [0, 0.05) is 38.3 Å². The van der Waals surface area contributed by atoms with E-state index >= 15 is 0 Å². The van der Waals surface area contributed by atoms with Crippen molar-refractivity contribution in [3.05, 3.63) is 95.1 Å². The number of hydrogen-bond acceptors (Lipinski definition) is 5. The van der Waals surface area contributed by atoms with Crippen LogP contribution in [0.25, 0.3) is 0 Å². The van der Waals surface area contributed by atoms with E-state index in [-0.39, 0.29) is 5.54 Å². The second-order valence-electron chi connectivity index (χ2n) is 10.4. The van der Waals surface area contributed by atoms with Crippen LogP contribution >= 0.6 is 0 Å². The Morgan fingerprint density at radius 1 is 0.838 bits per heavy atom. The number of nitrogens with zero attached hydrogens (tertiary/aromatic N) is 2. The Hall–Kier alpha value is -2.86. The summed E-state index contributed by atoms with van der Waals surface area (Å²) in [7, 11) is 3.48. The molecular formula is C32H41N3O2. The summed E-state index contributed by atoms with van der Waals surface area (Å²) >= 11 is 0. The highest BCUT2D eigenvalue weighted by Crippen LogP contribution is 2.46. The maximum absolute atomic E-state index is 5.73. The zero-order valence-electron chi connectivity index (χ0n) is 22.4. The predicted molar refractivity (Wildman–Crippen MR) is 150 cm³/mol. The highest BCUT2D eigenvalue weighted by molar-refractivity contribution is 5.51. The summed E-state index contributed by atoms with van der Waals surface area (Å²) < 4.78 is 11.4. The fraction of sp³-hybridized carbons (Fsp3) is 0.438. The molecule has 2 heterocycles. The highest BCUT2D eigenvalue weighted by Gasteiger charge is 2.43. The van der Waals surface area contributed by atoms with Crippen molar-refractivity contribution in [3.63, 3.8) is 0 Å². The van der Waals surface area contributed by atoms with Gasteiger partial charge in [0.2, 0.25) is 0 Å². The minimum atomic E-state index is 0.0715. The lowest BCUT2D eigenvalue weighted by Crippen LogP contribution is -2.56. The van der Waals surface area contributed by atoms with Gasteiger partial charge in [-0.2, -0.15) is 0 Å². The van der Waals surface area contributed by atoms with Crippen molar-refractivity contribution in [3.8, 4) is 11.5 Å². The Bertz CT molecular complexity index is 1090. The molecule has 0 saturated carbocycles. The summed E-state index contributed by atoms with van der Waals surface area (Å²) in [6.07, 6.45) is 4.47. The largest absolute Gasteiger partial charge is 0.493 e. The molecule has 1 fully saturated rings. The van der Waals surface area contributed by atoms with E-state index in [0.29, 0.717) is 0 Å². The van der Waals surface area contributed by atoms with Crippen molar-refractivity contribution in [2.45, 2.75) is 44.3 Å². The Morgan fingerprint density at radius 3 is 2.03 bits per heavy atom. The van der Waals surface area contributed by atoms with E-state index in [0.717, 1.165) is 83.0 Å². The van der Waals surface area contributed by atoms with Crippen LogP contribution in [0.3, 0.4) is 0 Å². The average molecular weight is 500 g/mol. The van der Waals surface area contributed by atoms with Crippen molar-refractivity contribution in [2.24, 2.45) is 0 Å². The molecule has 0 atom stereocenters. The van der Waals surface area contributed by atoms with Gasteiger partial charge in [-0.25, -0.2) is 0 Å². The van der Waals surface area contributed by atoms with Crippen molar-refractivity contribution >= 4 is 0 Å². The summed E-state index contributed by atoms with van der Waals surface area (Å²) in [5.41, 5.74) is 5.69. The Labute approximate surface area is 222 Å². The molecule has 5 rings (SSSR count). The molecule has 0 amide bonds. The molecule has 0 aromatic heterocycles. The normalized spacial score (nSPS) is 17.1. The minimum Gasteiger partial charge on any atom is -0.493 e. The number of nitrogens with one attached hydrogen (secondary N) is 1. The SMILES string of the molecule is COc1cc2c(cc1OC)C1(CCNCC1)N(CCCN(Cc1ccccc1)Cc1ccccc1)CC2. The molecule has 196 valence electrons. The minimum absolute atomic E-state index is 0.0715. The molecular weight excluding hydrogens is 458 g/mol. The first-order valence-electron chi connectivity index (χ1n) is 13.7. The van der Waals surface area contributed by atoms with Crippen molar-refractivity contribution in [1.82, 2.24) is 15.1 Å². The molecule has 0 unspecified atom stereocenters. The standard InChI is InChI=1S/C32H41N3O2/c1-36-30-22-28-14-21-35(32(15-17-33-18-16-32)29(28)23-31(30)37-2)20-9-19-34(24-26-10-5-3-6-11-26)25-27-12-7-4-8-13-27/h3-8,10-13,22-23,33H,9,14-21,24-25H2,1-2H3. The van der Waals surface area contributed by atoms with Gasteiger partial charge in [0.15, 0.2) is 11.5 Å². The lowest BCUT2D eigenvalue weighted by molar-refractivity contribution is 0.0382. The number of ether oxygens (including phenoxy) is 2. The van der Waals surface area contributed by atoms with Gasteiger partial charge in [-0.3, -0.25) is 9.80 Å². The van der Waals surface area contributed by atoms with Gasteiger partial charge in [-0.05, 0) is 73.2 Å². The van der Waals surface area contributed by atoms with E-state index in [2.05, 4.69) is 87.9 Å². The molecule has 5 heteroatoms. The molecule has 1 N–H and O–H groups in total. The maximum atomic E-state index is 5.73. The van der Waals surface area contributed by atoms with Crippen LogP contribution in [0.15, 0.2) is 72.8 Å². The topological polar surface area (TPSA) is 37.0 Å². The maximum Gasteiger partial charge on any atom is 0.161 e. The number of rotatable bonds is 10. The lowest BCUT2D eigenvalue weighted by Gasteiger charge is -2.51. The average Bonchev–Trinajstić information content (AvgIpc) is 2.95. The molecule has 0 bridgehead atoms. The smallest absolute Gasteiger partial charge is 0.161 e. The third-order valence-electron chi connectivity index (χ3n) is 8.20. The van der Waals surface area contributed by atoms with Crippen LogP contribution in [-0.2, 0) is 25.0 Å². The van der Waals surface area contributed by atoms with Crippen molar-refractivity contribution in [2.75, 3.05) is 46.9 Å². The van der Waals surface area contributed by atoms with Crippen LogP contribution in [0.1, 0.15) is 41.5 Å². The molecule has 0 radical (unpaired) electrons. The van der Waals surface area contributed by atoms with Gasteiger partial charge in [0.05, 0.1) is 14.2 Å². The first-order chi connectivity index (χ1) is 18.2. The van der Waals surface area contributed by atoms with Gasteiger partial charge >= 0.3 is 0 Å². The second kappa shape index (κ2) is 12.1. The molecule has 0 aliphatic carbocycles. The number of hydrogen-bond donors (Lipinski definition) is 1. The predicted octanol–water partition coefficient (Wildman–Crippen LogP) is 5.23. The summed E-state index contributed by atoms with van der Waals surface area (Å²) in [5.74, 6) is 1.69. The second-order valence-corrected chi connectivity index (χ2v) is 10.4. The molecule has 37 heavy (non-hydrogen) atoms. The van der Waals surface area contributed by atoms with E-state index in [9.17, 15) is 0 Å². The summed E-state index contributed by atoms with van der Waals surface area (Å²) in [4.78, 5) is 5.39. The van der Waals surface area contributed by atoms with Crippen LogP contribution in [-0.4, -0.2) is 56.7 Å². The number of piperidine rings is 1. The van der Waals surface area contributed by atoms with Gasteiger partial charge in [0.25, 0.3) is 0 Å². The zero-order valence-corrected chi connectivity index (χ0v) is 22.4. The van der Waals surface area contributed by atoms with Gasteiger partial charge in [-0.15, -0.1) is 0 Å². The van der Waals surface area contributed by atoms with Crippen LogP contribution < -0.4 is 14.8 Å². The third-order valence-corrected chi connectivity index (χ3v) is 8.20. The van der Waals surface area contributed by atoms with Crippen LogP contribution in [0, 0.1) is 0 Å². The number of fused-ring (bicyclic) bond motifs is 2. The first kappa shape index (κ1) is 25.8. The van der Waals surface area contributed by atoms with Gasteiger partial charge in [0.1, 0.15) is 0 Å². The lowest BCUT2D eigenvalue weighted by atomic mass is 9.74. The Morgan fingerprint density at radius 2 is 1.43 bits per heavy atom. The van der Waals surface area contributed by atoms with E-state index < -0.39 is 0 Å². The van der Waals surface area contributed by atoms with E-state index in [1.807, 2.05) is 0 Å². The first-order valence-corrected chi connectivity index (χ1v) is 13.7. The summed E-state index contributed by atoms with van der Waals surface area (Å²) in [5, 5.41) is 3.60. The van der Waals surface area contributed by atoms with Gasteiger partial charge < -0.3 is 14.8 Å². The molecule has 1 saturated heterocycles. The Balaban J connectivity index is 1.33. The molecule has 2 aliphatic heterocycles. The van der Waals surface area contributed by atoms with E-state index in [1.54, 1.807) is 14.2 Å². The highest BCUT2D eigenvalue weighted by atomic mass is 16.5. The summed E-state index contributed by atoms with van der Waals surface area (Å²) in [6.45, 7) is 7.34. The van der Waals surface area contributed by atoms with Crippen LogP contribution in [0.5, 0.6) is 11.5 Å². The quantitative estimate of drug-likeness (QED) is 0.413. The molecule has 1 spiro atoms. The molecule has 2 aliphatic rings. The number of benzene rings is 3. The monoisotopic (exact) mass is 499 g/mol. The van der Waals surface area contributed by atoms with E-state index in [4.69, 9.17) is 9.47 Å². The fourth-order valence-electron chi connectivity index (χ4n) is 6.34.